The fraction of sp³-hybridized carbons (Fsp3) is 0.500. The minimum atomic E-state index is -4.47. The van der Waals surface area contributed by atoms with Crippen molar-refractivity contribution in [2.45, 2.75) is 26.1 Å². The lowest BCUT2D eigenvalue weighted by Gasteiger charge is -2.12. The summed E-state index contributed by atoms with van der Waals surface area (Å²) in [6.07, 6.45) is -0.590. The highest BCUT2D eigenvalue weighted by atomic mass is 127. The lowest BCUT2D eigenvalue weighted by Crippen LogP contribution is -2.38. The van der Waals surface area contributed by atoms with Gasteiger partial charge >= 0.3 is 6.18 Å². The Kier molecular flexibility index (Phi) is 8.12. The van der Waals surface area contributed by atoms with Gasteiger partial charge < -0.3 is 10.6 Å². The van der Waals surface area contributed by atoms with Gasteiger partial charge in [-0.15, -0.1) is 35.3 Å². The molecule has 0 spiro atoms. The molecule has 0 saturated carbocycles. The van der Waals surface area contributed by atoms with Crippen molar-refractivity contribution in [3.63, 3.8) is 0 Å². The number of alkyl halides is 3. The number of thiazole rings is 1. The average Bonchev–Trinajstić information content (AvgIpc) is 3.08. The minimum Gasteiger partial charge on any atom is -0.356 e. The summed E-state index contributed by atoms with van der Waals surface area (Å²) in [5, 5.41) is 10.4. The zero-order valence-corrected chi connectivity index (χ0v) is 17.2. The summed E-state index contributed by atoms with van der Waals surface area (Å²) in [4.78, 5) is 9.41. The summed E-state index contributed by atoms with van der Waals surface area (Å²) in [6, 6.07) is 0. The van der Waals surface area contributed by atoms with Gasteiger partial charge in [-0.25, -0.2) is 4.98 Å². The van der Waals surface area contributed by atoms with Crippen molar-refractivity contribution < 1.29 is 13.2 Å². The molecule has 0 fully saturated rings. The average molecular weight is 488 g/mol. The lowest BCUT2D eigenvalue weighted by atomic mass is 10.2. The van der Waals surface area contributed by atoms with Crippen molar-refractivity contribution in [3.05, 3.63) is 33.5 Å². The van der Waals surface area contributed by atoms with E-state index < -0.39 is 11.9 Å². The zero-order valence-electron chi connectivity index (χ0n) is 14.0. The van der Waals surface area contributed by atoms with Gasteiger partial charge in [-0.3, -0.25) is 9.67 Å². The van der Waals surface area contributed by atoms with Gasteiger partial charge in [0.05, 0.1) is 5.01 Å². The van der Waals surface area contributed by atoms with Crippen LogP contribution in [-0.4, -0.2) is 34.3 Å². The molecular weight excluding hydrogens is 468 g/mol. The Balaban J connectivity index is 0.00000312. The number of aromatic nitrogens is 3. The monoisotopic (exact) mass is 488 g/mol. The SMILES string of the molecule is CN=C(NCCc1ncc(C)s1)NCc1cn(C)nc1C(F)(F)F.I. The smallest absolute Gasteiger partial charge is 0.356 e. The molecule has 2 rings (SSSR count). The normalized spacial score (nSPS) is 12.0. The number of guanidine groups is 1. The topological polar surface area (TPSA) is 67.1 Å². The summed E-state index contributed by atoms with van der Waals surface area (Å²) >= 11 is 1.62. The van der Waals surface area contributed by atoms with Gasteiger partial charge in [-0.1, -0.05) is 0 Å². The molecule has 0 unspecified atom stereocenters. The number of nitrogens with zero attached hydrogens (tertiary/aromatic N) is 4. The van der Waals surface area contributed by atoms with Crippen LogP contribution in [0.3, 0.4) is 0 Å². The molecule has 0 radical (unpaired) electrons. The molecule has 25 heavy (non-hydrogen) atoms. The van der Waals surface area contributed by atoms with Crippen molar-refractivity contribution >= 4 is 41.3 Å². The summed E-state index contributed by atoms with van der Waals surface area (Å²) in [5.41, 5.74) is -0.810. The van der Waals surface area contributed by atoms with E-state index >= 15 is 0 Å². The zero-order chi connectivity index (χ0) is 17.7. The Morgan fingerprint density at radius 3 is 2.64 bits per heavy atom. The van der Waals surface area contributed by atoms with Gasteiger partial charge in [-0.05, 0) is 6.92 Å². The van der Waals surface area contributed by atoms with E-state index in [2.05, 4.69) is 25.7 Å². The van der Waals surface area contributed by atoms with Crippen LogP contribution in [0.5, 0.6) is 0 Å². The van der Waals surface area contributed by atoms with Crippen LogP contribution in [0.25, 0.3) is 0 Å². The number of aryl methyl sites for hydroxylation is 2. The maximum absolute atomic E-state index is 12.9. The predicted octanol–water partition coefficient (Wildman–Crippen LogP) is 2.73. The van der Waals surface area contributed by atoms with Crippen LogP contribution in [0.2, 0.25) is 0 Å². The van der Waals surface area contributed by atoms with E-state index in [1.54, 1.807) is 18.4 Å². The second-order valence-electron chi connectivity index (χ2n) is 5.14. The number of hydrogen-bond acceptors (Lipinski definition) is 4. The molecule has 0 aromatic carbocycles. The van der Waals surface area contributed by atoms with Crippen LogP contribution in [0.1, 0.15) is 21.1 Å². The van der Waals surface area contributed by atoms with E-state index in [1.807, 2.05) is 13.1 Å². The van der Waals surface area contributed by atoms with Crippen molar-refractivity contribution in [1.82, 2.24) is 25.4 Å². The van der Waals surface area contributed by atoms with Gasteiger partial charge in [0.2, 0.25) is 0 Å². The Labute approximate surface area is 165 Å². The number of halogens is 4. The standard InChI is InChI=1S/C14H19F3N6S.HI/c1-9-6-20-11(24-9)4-5-19-13(18-2)21-7-10-8-23(3)22-12(10)14(15,16)17;/h6,8H,4-5,7H2,1-3H3,(H2,18,19,21);1H. The van der Waals surface area contributed by atoms with E-state index in [0.717, 1.165) is 21.0 Å². The maximum Gasteiger partial charge on any atom is 0.435 e. The van der Waals surface area contributed by atoms with Crippen molar-refractivity contribution in [3.8, 4) is 0 Å². The first-order valence-corrected chi connectivity index (χ1v) is 8.06. The molecular formula is C14H20F3IN6S. The third-order valence-electron chi connectivity index (χ3n) is 3.14. The van der Waals surface area contributed by atoms with Gasteiger partial charge in [0.1, 0.15) is 0 Å². The fourth-order valence-electron chi connectivity index (χ4n) is 2.11. The number of nitrogens with one attached hydrogen (secondary N) is 2. The van der Waals surface area contributed by atoms with Crippen molar-refractivity contribution in [2.24, 2.45) is 12.0 Å². The molecule has 11 heteroatoms. The van der Waals surface area contributed by atoms with E-state index in [0.29, 0.717) is 12.5 Å². The quantitative estimate of drug-likeness (QED) is 0.386. The van der Waals surface area contributed by atoms with Crippen LogP contribution < -0.4 is 10.6 Å². The Hall–Kier alpha value is -1.37. The molecule has 0 saturated heterocycles. The third kappa shape index (κ3) is 6.45. The highest BCUT2D eigenvalue weighted by molar-refractivity contribution is 14.0. The summed E-state index contributed by atoms with van der Waals surface area (Å²) in [7, 11) is 3.03. The van der Waals surface area contributed by atoms with Gasteiger partial charge in [0, 0.05) is 56.4 Å². The minimum absolute atomic E-state index is 0. The molecule has 2 aromatic rings. The molecule has 6 nitrogen and oxygen atoms in total. The van der Waals surface area contributed by atoms with Crippen LogP contribution in [-0.2, 0) is 26.2 Å². The number of rotatable bonds is 5. The van der Waals surface area contributed by atoms with E-state index in [-0.39, 0.29) is 36.1 Å². The molecule has 0 amide bonds. The van der Waals surface area contributed by atoms with Crippen LogP contribution in [0.4, 0.5) is 13.2 Å². The van der Waals surface area contributed by atoms with Crippen molar-refractivity contribution in [1.29, 1.82) is 0 Å². The van der Waals surface area contributed by atoms with E-state index in [1.165, 1.54) is 13.2 Å². The second kappa shape index (κ2) is 9.36. The summed E-state index contributed by atoms with van der Waals surface area (Å²) < 4.78 is 39.9. The van der Waals surface area contributed by atoms with Gasteiger partial charge in [0.15, 0.2) is 11.7 Å². The van der Waals surface area contributed by atoms with E-state index in [4.69, 9.17) is 0 Å². The molecule has 2 aromatic heterocycles. The third-order valence-corrected chi connectivity index (χ3v) is 4.12. The summed E-state index contributed by atoms with van der Waals surface area (Å²) in [5.74, 6) is 0.431. The van der Waals surface area contributed by atoms with Crippen LogP contribution in [0, 0.1) is 6.92 Å². The highest BCUT2D eigenvalue weighted by Crippen LogP contribution is 2.30. The number of aliphatic imine (C=N–C) groups is 1. The summed E-state index contributed by atoms with van der Waals surface area (Å²) in [6.45, 7) is 2.56. The Bertz CT molecular complexity index is 710. The predicted molar refractivity (Wildman–Crippen MR) is 102 cm³/mol. The van der Waals surface area contributed by atoms with E-state index in [9.17, 15) is 13.2 Å². The molecule has 0 bridgehead atoms. The van der Waals surface area contributed by atoms with Gasteiger partial charge in [0.25, 0.3) is 0 Å². The van der Waals surface area contributed by atoms with Crippen LogP contribution >= 0.6 is 35.3 Å². The fourth-order valence-corrected chi connectivity index (χ4v) is 2.90. The molecule has 2 heterocycles. The first-order chi connectivity index (χ1) is 11.3. The highest BCUT2D eigenvalue weighted by Gasteiger charge is 2.36. The van der Waals surface area contributed by atoms with Crippen molar-refractivity contribution in [2.75, 3.05) is 13.6 Å². The molecule has 0 aliphatic heterocycles. The maximum atomic E-state index is 12.9. The Morgan fingerprint density at radius 1 is 1.36 bits per heavy atom. The molecule has 0 aliphatic carbocycles. The first-order valence-electron chi connectivity index (χ1n) is 7.25. The lowest BCUT2D eigenvalue weighted by molar-refractivity contribution is -0.142. The molecule has 0 aliphatic rings. The molecule has 0 atom stereocenters. The Morgan fingerprint density at radius 2 is 2.08 bits per heavy atom. The molecule has 140 valence electrons. The molecule has 2 N–H and O–H groups in total. The largest absolute Gasteiger partial charge is 0.435 e. The van der Waals surface area contributed by atoms with Crippen LogP contribution in [0.15, 0.2) is 17.4 Å². The second-order valence-corrected chi connectivity index (χ2v) is 6.46. The first kappa shape index (κ1) is 21.7. The number of hydrogen-bond donors (Lipinski definition) is 2. The van der Waals surface area contributed by atoms with Gasteiger partial charge in [-0.2, -0.15) is 18.3 Å².